The molecule has 148 valence electrons. The Kier molecular flexibility index (Phi) is 5.67. The molecule has 1 unspecified atom stereocenters. The summed E-state index contributed by atoms with van der Waals surface area (Å²) in [5.41, 5.74) is 0.775. The summed E-state index contributed by atoms with van der Waals surface area (Å²) in [4.78, 5) is 27.0. The zero-order valence-electron chi connectivity index (χ0n) is 16.2. The molecule has 1 aromatic heterocycles. The first-order chi connectivity index (χ1) is 13.5. The zero-order chi connectivity index (χ0) is 20.3. The number of rotatable bonds is 7. The highest BCUT2D eigenvalue weighted by molar-refractivity contribution is 5.99. The fraction of sp³-hybridized carbons (Fsp3) is 0.350. The summed E-state index contributed by atoms with van der Waals surface area (Å²) in [5, 5.41) is 4.07. The minimum Gasteiger partial charge on any atom is -0.493 e. The van der Waals surface area contributed by atoms with Gasteiger partial charge in [-0.15, -0.1) is 6.58 Å². The molecule has 0 saturated heterocycles. The molecule has 1 aliphatic rings. The molecular formula is C20H23N3O5. The highest BCUT2D eigenvalue weighted by Crippen LogP contribution is 2.31. The number of ether oxygens (including phenoxy) is 3. The summed E-state index contributed by atoms with van der Waals surface area (Å²) in [5.74, 6) is 1.29. The summed E-state index contributed by atoms with van der Waals surface area (Å²) < 4.78 is 17.4. The fourth-order valence-electron chi connectivity index (χ4n) is 3.12. The molecular weight excluding hydrogens is 362 g/mol. The van der Waals surface area contributed by atoms with Crippen molar-refractivity contribution in [1.29, 1.82) is 0 Å². The highest BCUT2D eigenvalue weighted by Gasteiger charge is 2.34. The molecule has 2 aromatic rings. The van der Waals surface area contributed by atoms with Crippen LogP contribution in [-0.2, 0) is 17.8 Å². The Balaban J connectivity index is 1.92. The van der Waals surface area contributed by atoms with Gasteiger partial charge in [0.25, 0.3) is 11.5 Å². The molecule has 0 N–H and O–H groups in total. The molecule has 0 bridgehead atoms. The largest absolute Gasteiger partial charge is 0.493 e. The Morgan fingerprint density at radius 3 is 2.68 bits per heavy atom. The Morgan fingerprint density at radius 2 is 2.00 bits per heavy atom. The van der Waals surface area contributed by atoms with Crippen LogP contribution in [0, 0.1) is 0 Å². The second-order valence-corrected chi connectivity index (χ2v) is 6.32. The van der Waals surface area contributed by atoms with Crippen LogP contribution in [0.4, 0.5) is 5.69 Å². The third-order valence-corrected chi connectivity index (χ3v) is 4.55. The maximum Gasteiger partial charge on any atom is 0.294 e. The summed E-state index contributed by atoms with van der Waals surface area (Å²) in [7, 11) is 3.14. The third kappa shape index (κ3) is 3.58. The van der Waals surface area contributed by atoms with Crippen molar-refractivity contribution in [1.82, 2.24) is 9.78 Å². The molecule has 1 aromatic carbocycles. The second kappa shape index (κ2) is 8.16. The van der Waals surface area contributed by atoms with E-state index >= 15 is 0 Å². The molecule has 0 radical (unpaired) electrons. The molecule has 1 aliphatic heterocycles. The van der Waals surface area contributed by atoms with Crippen LogP contribution in [0.2, 0.25) is 0 Å². The van der Waals surface area contributed by atoms with Gasteiger partial charge in [0.1, 0.15) is 0 Å². The van der Waals surface area contributed by atoms with E-state index in [1.165, 1.54) is 15.8 Å². The van der Waals surface area contributed by atoms with E-state index in [-0.39, 0.29) is 23.7 Å². The Hall–Kier alpha value is -3.29. The molecule has 1 amide bonds. The minimum absolute atomic E-state index is 0.209. The monoisotopic (exact) mass is 385 g/mol. The predicted molar refractivity (Wildman–Crippen MR) is 104 cm³/mol. The third-order valence-electron chi connectivity index (χ3n) is 4.55. The van der Waals surface area contributed by atoms with Gasteiger partial charge in [-0.2, -0.15) is 5.10 Å². The van der Waals surface area contributed by atoms with E-state index in [2.05, 4.69) is 11.7 Å². The van der Waals surface area contributed by atoms with Crippen molar-refractivity contribution in [2.75, 3.05) is 25.7 Å². The lowest BCUT2D eigenvalue weighted by molar-refractivity contribution is -0.125. The van der Waals surface area contributed by atoms with Gasteiger partial charge < -0.3 is 19.1 Å². The second-order valence-electron chi connectivity index (χ2n) is 6.32. The van der Waals surface area contributed by atoms with E-state index in [0.29, 0.717) is 30.2 Å². The van der Waals surface area contributed by atoms with Crippen LogP contribution in [0.25, 0.3) is 0 Å². The van der Waals surface area contributed by atoms with Crippen molar-refractivity contribution in [3.05, 3.63) is 53.0 Å². The first-order valence-electron chi connectivity index (χ1n) is 8.90. The van der Waals surface area contributed by atoms with Crippen molar-refractivity contribution in [3.8, 4) is 17.2 Å². The van der Waals surface area contributed by atoms with E-state index in [1.807, 2.05) is 18.2 Å². The molecule has 8 heteroatoms. The molecule has 0 fully saturated rings. The van der Waals surface area contributed by atoms with Crippen LogP contribution in [0.3, 0.4) is 0 Å². The van der Waals surface area contributed by atoms with E-state index < -0.39 is 6.10 Å². The van der Waals surface area contributed by atoms with E-state index in [0.717, 1.165) is 5.56 Å². The van der Waals surface area contributed by atoms with Crippen LogP contribution >= 0.6 is 0 Å². The van der Waals surface area contributed by atoms with Crippen molar-refractivity contribution in [2.24, 2.45) is 0 Å². The van der Waals surface area contributed by atoms with E-state index in [4.69, 9.17) is 14.2 Å². The van der Waals surface area contributed by atoms with Crippen LogP contribution in [0.5, 0.6) is 17.2 Å². The minimum atomic E-state index is -0.686. The first-order valence-corrected chi connectivity index (χ1v) is 8.90. The predicted octanol–water partition coefficient (Wildman–Crippen LogP) is 1.80. The number of hydrogen-bond donors (Lipinski definition) is 0. The number of benzene rings is 1. The summed E-state index contributed by atoms with van der Waals surface area (Å²) in [6.07, 6.45) is 2.88. The van der Waals surface area contributed by atoms with Gasteiger partial charge in [0.15, 0.2) is 29.0 Å². The summed E-state index contributed by atoms with van der Waals surface area (Å²) in [6, 6.07) is 5.57. The van der Waals surface area contributed by atoms with Gasteiger partial charge in [0.2, 0.25) is 0 Å². The number of amides is 1. The lowest BCUT2D eigenvalue weighted by Crippen LogP contribution is -2.48. The molecule has 3 rings (SSSR count). The Bertz CT molecular complexity index is 953. The lowest BCUT2D eigenvalue weighted by atomic mass is 10.1. The SMILES string of the molecule is C=CCn1ncc2c(c1=O)N(CCc1ccc(OC)c(OC)c1)C(=O)C(C)O2. The standard InChI is InChI=1S/C20H23N3O5/c1-5-9-23-20(25)18-17(12-21-23)28-13(2)19(24)22(18)10-8-14-6-7-15(26-3)16(11-14)27-4/h5-7,11-13H,1,8-10H2,2-4H3. The molecule has 0 saturated carbocycles. The van der Waals surface area contributed by atoms with Crippen molar-refractivity contribution in [3.63, 3.8) is 0 Å². The van der Waals surface area contributed by atoms with Gasteiger partial charge in [-0.1, -0.05) is 12.1 Å². The molecule has 28 heavy (non-hydrogen) atoms. The molecule has 8 nitrogen and oxygen atoms in total. The molecule has 1 atom stereocenters. The van der Waals surface area contributed by atoms with Gasteiger partial charge in [-0.3, -0.25) is 9.59 Å². The lowest BCUT2D eigenvalue weighted by Gasteiger charge is -2.32. The zero-order valence-corrected chi connectivity index (χ0v) is 16.2. The van der Waals surface area contributed by atoms with Crippen LogP contribution in [0.1, 0.15) is 12.5 Å². The number of allylic oxidation sites excluding steroid dienone is 1. The number of fused-ring (bicyclic) bond motifs is 1. The van der Waals surface area contributed by atoms with Crippen molar-refractivity contribution in [2.45, 2.75) is 26.0 Å². The number of hydrogen-bond acceptors (Lipinski definition) is 6. The van der Waals surface area contributed by atoms with Gasteiger partial charge in [0.05, 0.1) is 27.0 Å². The average molecular weight is 385 g/mol. The van der Waals surface area contributed by atoms with Gasteiger partial charge in [0, 0.05) is 6.54 Å². The number of methoxy groups -OCH3 is 2. The number of nitrogens with zero attached hydrogens (tertiary/aromatic N) is 3. The Labute approximate surface area is 162 Å². The fourth-order valence-corrected chi connectivity index (χ4v) is 3.12. The van der Waals surface area contributed by atoms with E-state index in [1.54, 1.807) is 27.2 Å². The van der Waals surface area contributed by atoms with Gasteiger partial charge in [-0.25, -0.2) is 4.68 Å². The number of carbonyl (C=O) groups is 1. The van der Waals surface area contributed by atoms with Gasteiger partial charge in [-0.05, 0) is 31.0 Å². The molecule has 0 aliphatic carbocycles. The maximum atomic E-state index is 12.8. The van der Waals surface area contributed by atoms with Crippen LogP contribution < -0.4 is 24.7 Å². The van der Waals surface area contributed by atoms with Crippen molar-refractivity contribution >= 4 is 11.6 Å². The van der Waals surface area contributed by atoms with Crippen LogP contribution in [0.15, 0.2) is 41.8 Å². The van der Waals surface area contributed by atoms with Gasteiger partial charge >= 0.3 is 0 Å². The maximum absolute atomic E-state index is 12.8. The number of anilines is 1. The number of aromatic nitrogens is 2. The van der Waals surface area contributed by atoms with Crippen molar-refractivity contribution < 1.29 is 19.0 Å². The van der Waals surface area contributed by atoms with E-state index in [9.17, 15) is 9.59 Å². The normalized spacial score (nSPS) is 15.6. The smallest absolute Gasteiger partial charge is 0.294 e. The average Bonchev–Trinajstić information content (AvgIpc) is 2.70. The summed E-state index contributed by atoms with van der Waals surface area (Å²) >= 11 is 0. The Morgan fingerprint density at radius 1 is 1.25 bits per heavy atom. The quantitative estimate of drug-likeness (QED) is 0.676. The number of carbonyl (C=O) groups excluding carboxylic acids is 1. The summed E-state index contributed by atoms with van der Waals surface area (Å²) in [6.45, 7) is 5.86. The topological polar surface area (TPSA) is 82.9 Å². The first kappa shape index (κ1) is 19.5. The molecule has 2 heterocycles. The highest BCUT2D eigenvalue weighted by atomic mass is 16.5. The molecule has 0 spiro atoms. The van der Waals surface area contributed by atoms with Crippen LogP contribution in [-0.4, -0.2) is 42.6 Å².